The normalized spacial score (nSPS) is 7.64. The average molecular weight is 154 g/mol. The summed E-state index contributed by atoms with van der Waals surface area (Å²) in [5, 5.41) is 8.26. The Kier molecular flexibility index (Phi) is 4.22. The molecule has 5 nitrogen and oxygen atoms in total. The van der Waals surface area contributed by atoms with E-state index in [2.05, 4.69) is 9.97 Å². The van der Waals surface area contributed by atoms with Gasteiger partial charge in [0, 0.05) is 12.4 Å². The summed E-state index contributed by atoms with van der Waals surface area (Å²) in [4.78, 5) is 25.0. The molecule has 0 aromatic carbocycles. The molecule has 1 N–H and O–H groups in total. The van der Waals surface area contributed by atoms with Crippen LogP contribution < -0.4 is 0 Å². The highest BCUT2D eigenvalue weighted by Crippen LogP contribution is 1.84. The summed E-state index contributed by atoms with van der Waals surface area (Å²) in [7, 11) is 0. The maximum absolute atomic E-state index is 10.1. The minimum absolute atomic E-state index is 0.169. The number of aromatic nitrogens is 2. The minimum Gasteiger partial charge on any atom is -0.475 e. The van der Waals surface area contributed by atoms with Crippen LogP contribution in [-0.2, 0) is 4.79 Å². The first-order valence-electron chi connectivity index (χ1n) is 2.60. The molecule has 1 aromatic heterocycles. The van der Waals surface area contributed by atoms with Gasteiger partial charge in [-0.3, -0.25) is 0 Å². The van der Waals surface area contributed by atoms with Gasteiger partial charge in [0.2, 0.25) is 5.82 Å². The van der Waals surface area contributed by atoms with Crippen LogP contribution in [-0.4, -0.2) is 27.8 Å². The summed E-state index contributed by atoms with van der Waals surface area (Å²) in [6.07, 6.45) is 2.77. The third kappa shape index (κ3) is 3.04. The molecule has 0 saturated heterocycles. The van der Waals surface area contributed by atoms with Crippen LogP contribution in [0, 0.1) is 0 Å². The smallest absolute Gasteiger partial charge is 0.373 e. The molecular formula is C6H6N2O3. The van der Waals surface area contributed by atoms with E-state index >= 15 is 0 Å². The van der Waals surface area contributed by atoms with Crippen LogP contribution in [0.2, 0.25) is 0 Å². The second kappa shape index (κ2) is 5.04. The van der Waals surface area contributed by atoms with E-state index in [9.17, 15) is 4.79 Å². The van der Waals surface area contributed by atoms with Gasteiger partial charge in [0.1, 0.15) is 6.79 Å². The SMILES string of the molecule is C=O.O=C(O)c1ncccn1. The van der Waals surface area contributed by atoms with E-state index in [1.165, 1.54) is 12.4 Å². The Morgan fingerprint density at radius 1 is 1.36 bits per heavy atom. The van der Waals surface area contributed by atoms with Crippen molar-refractivity contribution >= 4 is 12.8 Å². The first-order chi connectivity index (χ1) is 5.30. The topological polar surface area (TPSA) is 80.2 Å². The zero-order valence-electron chi connectivity index (χ0n) is 5.60. The Morgan fingerprint density at radius 2 is 1.82 bits per heavy atom. The number of carboxylic acid groups (broad SMARTS) is 1. The van der Waals surface area contributed by atoms with Crippen LogP contribution in [0.25, 0.3) is 0 Å². The molecule has 1 aromatic rings. The van der Waals surface area contributed by atoms with Crippen molar-refractivity contribution in [3.05, 3.63) is 24.3 Å². The fourth-order valence-corrected chi connectivity index (χ4v) is 0.410. The molecular weight excluding hydrogens is 148 g/mol. The predicted molar refractivity (Wildman–Crippen MR) is 36.1 cm³/mol. The van der Waals surface area contributed by atoms with Gasteiger partial charge in [-0.25, -0.2) is 14.8 Å². The van der Waals surface area contributed by atoms with Gasteiger partial charge in [0.25, 0.3) is 0 Å². The van der Waals surface area contributed by atoms with Crippen molar-refractivity contribution < 1.29 is 14.7 Å². The van der Waals surface area contributed by atoms with Crippen molar-refractivity contribution in [3.8, 4) is 0 Å². The highest BCUT2D eigenvalue weighted by Gasteiger charge is 2.01. The molecule has 0 atom stereocenters. The van der Waals surface area contributed by atoms with Gasteiger partial charge in [0.05, 0.1) is 0 Å². The molecule has 0 aliphatic carbocycles. The lowest BCUT2D eigenvalue weighted by Gasteiger charge is -1.86. The first-order valence-corrected chi connectivity index (χ1v) is 2.60. The number of carbonyl (C=O) groups excluding carboxylic acids is 1. The molecule has 0 bridgehead atoms. The highest BCUT2D eigenvalue weighted by molar-refractivity contribution is 5.82. The summed E-state index contributed by atoms with van der Waals surface area (Å²) >= 11 is 0. The van der Waals surface area contributed by atoms with E-state index in [1.807, 2.05) is 6.79 Å². The second-order valence-electron chi connectivity index (χ2n) is 1.38. The number of carbonyl (C=O) groups is 2. The van der Waals surface area contributed by atoms with E-state index < -0.39 is 5.97 Å². The summed E-state index contributed by atoms with van der Waals surface area (Å²) < 4.78 is 0. The molecule has 0 radical (unpaired) electrons. The van der Waals surface area contributed by atoms with E-state index in [0.717, 1.165) is 0 Å². The molecule has 0 fully saturated rings. The number of hydrogen-bond acceptors (Lipinski definition) is 4. The van der Waals surface area contributed by atoms with E-state index in [-0.39, 0.29) is 5.82 Å². The van der Waals surface area contributed by atoms with Gasteiger partial charge in [-0.15, -0.1) is 0 Å². The maximum Gasteiger partial charge on any atom is 0.373 e. The molecule has 0 saturated carbocycles. The van der Waals surface area contributed by atoms with Gasteiger partial charge in [-0.2, -0.15) is 0 Å². The predicted octanol–water partition coefficient (Wildman–Crippen LogP) is -0.0101. The molecule has 11 heavy (non-hydrogen) atoms. The zero-order valence-corrected chi connectivity index (χ0v) is 5.60. The largest absolute Gasteiger partial charge is 0.475 e. The highest BCUT2D eigenvalue weighted by atomic mass is 16.4. The lowest BCUT2D eigenvalue weighted by Crippen LogP contribution is -2.01. The van der Waals surface area contributed by atoms with E-state index in [4.69, 9.17) is 9.90 Å². The van der Waals surface area contributed by atoms with Crippen LogP contribution in [0.5, 0.6) is 0 Å². The fourth-order valence-electron chi connectivity index (χ4n) is 0.410. The minimum atomic E-state index is -1.10. The maximum atomic E-state index is 10.1. The molecule has 0 unspecified atom stereocenters. The van der Waals surface area contributed by atoms with Gasteiger partial charge >= 0.3 is 5.97 Å². The van der Waals surface area contributed by atoms with Crippen molar-refractivity contribution in [1.82, 2.24) is 9.97 Å². The van der Waals surface area contributed by atoms with Gasteiger partial charge in [-0.05, 0) is 6.07 Å². The van der Waals surface area contributed by atoms with Crippen LogP contribution >= 0.6 is 0 Å². The van der Waals surface area contributed by atoms with Crippen LogP contribution in [0.3, 0.4) is 0 Å². The third-order valence-electron chi connectivity index (χ3n) is 0.757. The fraction of sp³-hybridized carbons (Fsp3) is 0. The van der Waals surface area contributed by atoms with Crippen molar-refractivity contribution in [2.75, 3.05) is 0 Å². The van der Waals surface area contributed by atoms with Crippen molar-refractivity contribution in [1.29, 1.82) is 0 Å². The van der Waals surface area contributed by atoms with Gasteiger partial charge in [-0.1, -0.05) is 0 Å². The quantitative estimate of drug-likeness (QED) is 0.615. The summed E-state index contributed by atoms with van der Waals surface area (Å²) in [6, 6.07) is 1.56. The van der Waals surface area contributed by atoms with Crippen LogP contribution in [0.15, 0.2) is 18.5 Å². The van der Waals surface area contributed by atoms with Gasteiger partial charge < -0.3 is 9.90 Å². The Morgan fingerprint density at radius 3 is 2.09 bits per heavy atom. The molecule has 0 spiro atoms. The Balaban J connectivity index is 0.000000461. The number of hydrogen-bond donors (Lipinski definition) is 1. The van der Waals surface area contributed by atoms with Crippen molar-refractivity contribution in [3.63, 3.8) is 0 Å². The number of nitrogens with zero attached hydrogens (tertiary/aromatic N) is 2. The monoisotopic (exact) mass is 154 g/mol. The average Bonchev–Trinajstić information content (AvgIpc) is 2.10. The van der Waals surface area contributed by atoms with E-state index in [1.54, 1.807) is 6.07 Å². The lowest BCUT2D eigenvalue weighted by molar-refractivity contribution is -0.0980. The summed E-state index contributed by atoms with van der Waals surface area (Å²) in [6.45, 7) is 2.00. The summed E-state index contributed by atoms with van der Waals surface area (Å²) in [5.41, 5.74) is 0. The molecule has 58 valence electrons. The number of aromatic carboxylic acids is 1. The second-order valence-corrected chi connectivity index (χ2v) is 1.38. The lowest BCUT2D eigenvalue weighted by atomic mass is 10.6. The van der Waals surface area contributed by atoms with E-state index in [0.29, 0.717) is 0 Å². The molecule has 1 rings (SSSR count). The molecule has 0 aliphatic heterocycles. The molecule has 5 heteroatoms. The Labute approximate surface area is 62.7 Å². The van der Waals surface area contributed by atoms with Crippen molar-refractivity contribution in [2.45, 2.75) is 0 Å². The van der Waals surface area contributed by atoms with Gasteiger partial charge in [0.15, 0.2) is 0 Å². The molecule has 0 aliphatic rings. The first kappa shape index (κ1) is 9.22. The standard InChI is InChI=1S/C5H4N2O2.CH2O/c8-5(9)4-6-2-1-3-7-4;1-2/h1-3H,(H,8,9);1H2. The number of rotatable bonds is 1. The zero-order chi connectivity index (χ0) is 8.69. The third-order valence-corrected chi connectivity index (χ3v) is 0.757. The van der Waals surface area contributed by atoms with Crippen LogP contribution in [0.1, 0.15) is 10.6 Å². The molecule has 1 heterocycles. The number of carboxylic acids is 1. The Hall–Kier alpha value is -1.78. The van der Waals surface area contributed by atoms with Crippen LogP contribution in [0.4, 0.5) is 0 Å². The molecule has 0 amide bonds. The van der Waals surface area contributed by atoms with Crippen molar-refractivity contribution in [2.24, 2.45) is 0 Å². The Bertz CT molecular complexity index is 225. The summed E-state index contributed by atoms with van der Waals surface area (Å²) in [5.74, 6) is -1.27.